The first-order valence-corrected chi connectivity index (χ1v) is 12.8. The Morgan fingerprint density at radius 1 is 1.09 bits per heavy atom. The largest absolute Gasteiger partial charge is 0.379 e. The van der Waals surface area contributed by atoms with Gasteiger partial charge in [0, 0.05) is 30.8 Å². The molecule has 1 N–H and O–H groups in total. The first kappa shape index (κ1) is 23.1. The summed E-state index contributed by atoms with van der Waals surface area (Å²) >= 11 is 0. The second-order valence-corrected chi connectivity index (χ2v) is 10.8. The van der Waals surface area contributed by atoms with E-state index in [9.17, 15) is 0 Å². The fourth-order valence-electron chi connectivity index (χ4n) is 6.31. The highest BCUT2D eigenvalue weighted by atomic mass is 16.5. The van der Waals surface area contributed by atoms with E-state index in [0.717, 1.165) is 79.2 Å². The molecule has 1 aromatic carbocycles. The molecule has 3 heterocycles. The number of aromatic nitrogens is 3. The number of aryl methyl sites for hydroxylation is 1. The third-order valence-electron chi connectivity index (χ3n) is 8.11. The summed E-state index contributed by atoms with van der Waals surface area (Å²) in [6, 6.07) is 8.49. The van der Waals surface area contributed by atoms with Gasteiger partial charge in [0.15, 0.2) is 5.82 Å². The van der Waals surface area contributed by atoms with Gasteiger partial charge >= 0.3 is 0 Å². The molecule has 0 amide bonds. The number of aromatic amines is 1. The minimum absolute atomic E-state index is 0.582. The number of nitrogens with one attached hydrogen (secondary N) is 1. The maximum atomic E-state index is 8.13. The summed E-state index contributed by atoms with van der Waals surface area (Å²) in [5.74, 6) is 3.55. The van der Waals surface area contributed by atoms with Gasteiger partial charge in [0.25, 0.3) is 0 Å². The molecule has 2 unspecified atom stereocenters. The van der Waals surface area contributed by atoms with Crippen molar-refractivity contribution < 1.29 is 4.74 Å². The molecule has 0 radical (unpaired) electrons. The average molecular weight is 460 g/mol. The lowest BCUT2D eigenvalue weighted by molar-refractivity contribution is 0.0335. The van der Waals surface area contributed by atoms with E-state index in [4.69, 9.17) is 16.3 Å². The van der Waals surface area contributed by atoms with E-state index < -0.39 is 0 Å². The van der Waals surface area contributed by atoms with E-state index in [-0.39, 0.29) is 0 Å². The molecule has 34 heavy (non-hydrogen) atoms. The second kappa shape index (κ2) is 9.56. The molecule has 2 aliphatic rings. The van der Waals surface area contributed by atoms with Crippen LogP contribution in [0.25, 0.3) is 21.9 Å². The van der Waals surface area contributed by atoms with Gasteiger partial charge in [-0.2, -0.15) is 0 Å². The number of morpholine rings is 1. The van der Waals surface area contributed by atoms with Gasteiger partial charge < -0.3 is 4.74 Å². The molecule has 3 aromatic rings. The molecule has 1 aliphatic heterocycles. The smallest absolute Gasteiger partial charge is 0.216 e. The predicted octanol–water partition coefficient (Wildman–Crippen LogP) is 5.88. The van der Waals surface area contributed by atoms with E-state index in [2.05, 4.69) is 71.3 Å². The Hall–Kier alpha value is -2.62. The number of nitrogens with zero attached hydrogens (tertiary/aromatic N) is 4. The molecule has 2 fully saturated rings. The molecule has 1 saturated carbocycles. The Balaban J connectivity index is 1.58. The van der Waals surface area contributed by atoms with Crippen LogP contribution in [0.5, 0.6) is 0 Å². The summed E-state index contributed by atoms with van der Waals surface area (Å²) in [5, 5.41) is 3.56. The fourth-order valence-corrected chi connectivity index (χ4v) is 6.31. The van der Waals surface area contributed by atoms with Crippen LogP contribution in [0, 0.1) is 37.2 Å². The van der Waals surface area contributed by atoms with Crippen LogP contribution in [0.4, 0.5) is 5.69 Å². The van der Waals surface area contributed by atoms with Gasteiger partial charge in [0.2, 0.25) is 5.69 Å². The third-order valence-corrected chi connectivity index (χ3v) is 8.11. The molecule has 0 bridgehead atoms. The van der Waals surface area contributed by atoms with Gasteiger partial charge in [-0.05, 0) is 49.9 Å². The van der Waals surface area contributed by atoms with Crippen molar-refractivity contribution in [3.8, 4) is 11.4 Å². The maximum absolute atomic E-state index is 8.13. The van der Waals surface area contributed by atoms with Crippen LogP contribution in [0.1, 0.15) is 50.4 Å². The highest BCUT2D eigenvalue weighted by Crippen LogP contribution is 2.43. The van der Waals surface area contributed by atoms with E-state index >= 15 is 0 Å². The third kappa shape index (κ3) is 4.39. The second-order valence-electron chi connectivity index (χ2n) is 10.8. The van der Waals surface area contributed by atoms with Crippen LogP contribution in [0.2, 0.25) is 0 Å². The number of fused-ring (bicyclic) bond motifs is 1. The molecular weight excluding hydrogens is 422 g/mol. The summed E-state index contributed by atoms with van der Waals surface area (Å²) in [4.78, 5) is 11.6. The summed E-state index contributed by atoms with van der Waals surface area (Å²) in [6.45, 7) is 21.5. The summed E-state index contributed by atoms with van der Waals surface area (Å²) in [6.07, 6.45) is 3.47. The molecule has 180 valence electrons. The predicted molar refractivity (Wildman–Crippen MR) is 136 cm³/mol. The van der Waals surface area contributed by atoms with Crippen molar-refractivity contribution in [3.63, 3.8) is 0 Å². The Labute approximate surface area is 203 Å². The standard InChI is InChI=1S/C28H37N5O/c1-18-6-8-22(9-7-18)27-30-28-24(16-23-20(3)14-19(2)15-21(23)4)26(29-5)25(33(28)31-27)17-32-10-12-34-13-11-32/h6-9,19-21,23H,10-17H2,1-4H3,(H,30,31). The van der Waals surface area contributed by atoms with Crippen molar-refractivity contribution in [1.29, 1.82) is 0 Å². The molecule has 1 aliphatic carbocycles. The zero-order chi connectivity index (χ0) is 23.8. The zero-order valence-electron chi connectivity index (χ0n) is 21.0. The van der Waals surface area contributed by atoms with Crippen LogP contribution < -0.4 is 0 Å². The zero-order valence-corrected chi connectivity index (χ0v) is 21.0. The Morgan fingerprint density at radius 3 is 2.41 bits per heavy atom. The van der Waals surface area contributed by atoms with Crippen LogP contribution in [0.3, 0.4) is 0 Å². The van der Waals surface area contributed by atoms with Crippen LogP contribution in [-0.2, 0) is 17.7 Å². The van der Waals surface area contributed by atoms with E-state index in [1.165, 1.54) is 18.4 Å². The first-order chi connectivity index (χ1) is 16.4. The Bertz CT molecular complexity index is 1170. The fraction of sp³-hybridized carbons (Fsp3) is 0.571. The minimum atomic E-state index is 0.582. The van der Waals surface area contributed by atoms with Crippen LogP contribution >= 0.6 is 0 Å². The summed E-state index contributed by atoms with van der Waals surface area (Å²) in [7, 11) is 0. The topological polar surface area (TPSA) is 49.9 Å². The number of H-pyrrole nitrogens is 1. The minimum Gasteiger partial charge on any atom is -0.379 e. The molecule has 5 rings (SSSR count). The number of benzene rings is 1. The number of hydrogen-bond donors (Lipinski definition) is 1. The normalized spacial score (nSPS) is 26.1. The highest BCUT2D eigenvalue weighted by molar-refractivity contribution is 5.73. The van der Waals surface area contributed by atoms with E-state index in [0.29, 0.717) is 17.8 Å². The number of rotatable bonds is 5. The lowest BCUT2D eigenvalue weighted by atomic mass is 9.67. The van der Waals surface area contributed by atoms with Gasteiger partial charge in [-0.25, -0.2) is 9.83 Å². The Morgan fingerprint density at radius 2 is 1.76 bits per heavy atom. The molecule has 0 spiro atoms. The monoisotopic (exact) mass is 459 g/mol. The van der Waals surface area contributed by atoms with Crippen LogP contribution in [0.15, 0.2) is 24.3 Å². The molecule has 6 heteroatoms. The van der Waals surface area contributed by atoms with Crippen LogP contribution in [-0.4, -0.2) is 45.8 Å². The SMILES string of the molecule is [C-]#[N+]c1c(CC2C(C)CC(C)CC2C)c2nc(-c3ccc(C)cc3)[nH]n2c1CN1CCOCC1. The van der Waals surface area contributed by atoms with Gasteiger partial charge in [0.1, 0.15) is 5.65 Å². The van der Waals surface area contributed by atoms with Crippen molar-refractivity contribution in [2.75, 3.05) is 26.3 Å². The lowest BCUT2D eigenvalue weighted by Crippen LogP contribution is -2.36. The van der Waals surface area contributed by atoms with Crippen molar-refractivity contribution in [1.82, 2.24) is 19.5 Å². The van der Waals surface area contributed by atoms with Gasteiger partial charge in [-0.1, -0.05) is 50.6 Å². The van der Waals surface area contributed by atoms with E-state index in [1.807, 2.05) is 0 Å². The average Bonchev–Trinajstić information content (AvgIpc) is 3.35. The first-order valence-electron chi connectivity index (χ1n) is 12.8. The maximum Gasteiger partial charge on any atom is 0.216 e. The summed E-state index contributed by atoms with van der Waals surface area (Å²) in [5.41, 5.74) is 6.22. The number of hydrogen-bond acceptors (Lipinski definition) is 3. The molecule has 2 aromatic heterocycles. The Kier molecular flexibility index (Phi) is 6.50. The molecule has 6 nitrogen and oxygen atoms in total. The van der Waals surface area contributed by atoms with Gasteiger partial charge in [-0.3, -0.25) is 14.5 Å². The summed E-state index contributed by atoms with van der Waals surface area (Å²) < 4.78 is 7.67. The quantitative estimate of drug-likeness (QED) is 0.485. The molecule has 2 atom stereocenters. The van der Waals surface area contributed by atoms with Gasteiger partial charge in [-0.15, -0.1) is 0 Å². The highest BCUT2D eigenvalue weighted by Gasteiger charge is 2.34. The number of ether oxygens (including phenoxy) is 1. The van der Waals surface area contributed by atoms with Crippen molar-refractivity contribution in [3.05, 3.63) is 52.5 Å². The van der Waals surface area contributed by atoms with Crippen molar-refractivity contribution in [2.24, 2.45) is 23.7 Å². The van der Waals surface area contributed by atoms with Crippen molar-refractivity contribution >= 4 is 11.3 Å². The molecule has 1 saturated heterocycles. The van der Waals surface area contributed by atoms with Crippen molar-refractivity contribution in [2.45, 2.75) is 53.5 Å². The lowest BCUT2D eigenvalue weighted by Gasteiger charge is -2.38. The van der Waals surface area contributed by atoms with E-state index in [1.54, 1.807) is 0 Å². The van der Waals surface area contributed by atoms with Gasteiger partial charge in [0.05, 0.1) is 25.5 Å². The molecular formula is C28H37N5O.